The fourth-order valence-corrected chi connectivity index (χ4v) is 5.94. The highest BCUT2D eigenvalue weighted by Gasteiger charge is 2.36. The van der Waals surface area contributed by atoms with Crippen molar-refractivity contribution in [2.75, 3.05) is 26.2 Å². The van der Waals surface area contributed by atoms with Gasteiger partial charge in [-0.05, 0) is 82.0 Å². The molecule has 0 aliphatic carbocycles. The van der Waals surface area contributed by atoms with Crippen LogP contribution in [0.15, 0.2) is 29.2 Å². The van der Waals surface area contributed by atoms with Crippen molar-refractivity contribution in [3.8, 4) is 5.75 Å². The summed E-state index contributed by atoms with van der Waals surface area (Å²) in [4.78, 5) is 24.4. The summed E-state index contributed by atoms with van der Waals surface area (Å²) in [7, 11) is -4.05. The Hall–Kier alpha value is -2.17. The van der Waals surface area contributed by atoms with E-state index in [1.807, 2.05) is 0 Å². The van der Waals surface area contributed by atoms with Gasteiger partial charge in [0, 0.05) is 12.8 Å². The van der Waals surface area contributed by atoms with Crippen molar-refractivity contribution < 1.29 is 22.7 Å². The highest BCUT2D eigenvalue weighted by atomic mass is 32.2. The van der Waals surface area contributed by atoms with Gasteiger partial charge in [-0.1, -0.05) is 6.92 Å². The number of sulfonamides is 1. The first kappa shape index (κ1) is 24.5. The lowest BCUT2D eigenvalue weighted by Crippen LogP contribution is -2.49. The summed E-state index contributed by atoms with van der Waals surface area (Å²) in [6.07, 6.45) is 3.00. The lowest BCUT2D eigenvalue weighted by molar-refractivity contribution is -0.129. The number of nitrogens with zero attached hydrogens (tertiary/aromatic N) is 1. The van der Waals surface area contributed by atoms with Gasteiger partial charge < -0.3 is 21.1 Å². The van der Waals surface area contributed by atoms with E-state index in [0.717, 1.165) is 30.2 Å². The van der Waals surface area contributed by atoms with Gasteiger partial charge in [-0.2, -0.15) is 0 Å². The quantitative estimate of drug-likeness (QED) is 0.495. The molecule has 1 aromatic carbocycles. The molecule has 2 aliphatic heterocycles. The molecule has 0 aromatic heterocycles. The van der Waals surface area contributed by atoms with Crippen molar-refractivity contribution in [1.82, 2.24) is 14.9 Å². The molecule has 2 saturated heterocycles. The van der Waals surface area contributed by atoms with Gasteiger partial charge >= 0.3 is 0 Å². The number of nitrogens with one attached hydrogen (secondary N) is 2. The number of carbonyl (C=O) groups is 2. The minimum atomic E-state index is -4.05. The molecule has 2 fully saturated rings. The molecule has 178 valence electrons. The van der Waals surface area contributed by atoms with E-state index in [9.17, 15) is 18.0 Å². The predicted molar refractivity (Wildman–Crippen MR) is 120 cm³/mol. The maximum absolute atomic E-state index is 13.5. The lowest BCUT2D eigenvalue weighted by atomic mass is 10.0. The van der Waals surface area contributed by atoms with Crippen molar-refractivity contribution in [2.45, 2.75) is 62.5 Å². The maximum Gasteiger partial charge on any atom is 0.266 e. The Labute approximate surface area is 190 Å². The van der Waals surface area contributed by atoms with E-state index < -0.39 is 27.9 Å². The number of hydrogen-bond donors (Lipinski definition) is 3. The zero-order chi connectivity index (χ0) is 23.1. The lowest BCUT2D eigenvalue weighted by Gasteiger charge is -2.34. The Morgan fingerprint density at radius 2 is 1.59 bits per heavy atom. The van der Waals surface area contributed by atoms with Crippen LogP contribution < -0.4 is 21.1 Å². The first-order valence-corrected chi connectivity index (χ1v) is 12.7. The molecule has 2 amide bonds. The van der Waals surface area contributed by atoms with Crippen LogP contribution in [-0.4, -0.2) is 62.9 Å². The number of nitrogens with two attached hydrogens (primary N) is 1. The SMILES string of the molecule is C[C@@H](CC(N)=O)CC(=O)N(C1CCNCC1)S(=O)(=O)c1ccc(OC2CCNCC2)cc1. The number of ether oxygens (including phenoxy) is 1. The van der Waals surface area contributed by atoms with Gasteiger partial charge in [0.2, 0.25) is 11.8 Å². The fourth-order valence-electron chi connectivity index (χ4n) is 4.29. The molecule has 0 unspecified atom stereocenters. The van der Waals surface area contributed by atoms with E-state index >= 15 is 0 Å². The standard InChI is InChI=1S/C22H34N4O5S/c1-16(14-21(23)27)15-22(28)26(17-6-10-24-11-7-17)32(29,30)20-4-2-18(3-5-20)31-19-8-12-25-13-9-19/h2-5,16-17,19,24-25H,6-15H2,1H3,(H2,23,27)/t16-/m0/s1. The monoisotopic (exact) mass is 466 g/mol. The summed E-state index contributed by atoms with van der Waals surface area (Å²) in [5.41, 5.74) is 5.24. The van der Waals surface area contributed by atoms with E-state index in [1.54, 1.807) is 19.1 Å². The van der Waals surface area contributed by atoms with Crippen molar-refractivity contribution in [2.24, 2.45) is 11.7 Å². The van der Waals surface area contributed by atoms with Gasteiger partial charge in [0.25, 0.3) is 10.0 Å². The van der Waals surface area contributed by atoms with Gasteiger partial charge in [0.05, 0.1) is 10.9 Å². The Morgan fingerprint density at radius 3 is 2.16 bits per heavy atom. The molecule has 0 spiro atoms. The molecular formula is C22H34N4O5S. The highest BCUT2D eigenvalue weighted by Crippen LogP contribution is 2.27. The molecule has 1 aromatic rings. The van der Waals surface area contributed by atoms with Crippen LogP contribution in [0.1, 0.15) is 45.4 Å². The van der Waals surface area contributed by atoms with Crippen molar-refractivity contribution in [3.05, 3.63) is 24.3 Å². The second kappa shape index (κ2) is 11.1. The molecule has 3 rings (SSSR count). The third kappa shape index (κ3) is 6.43. The molecule has 9 nitrogen and oxygen atoms in total. The molecule has 10 heteroatoms. The first-order chi connectivity index (χ1) is 15.3. The fraction of sp³-hybridized carbons (Fsp3) is 0.636. The Bertz CT molecular complexity index is 878. The zero-order valence-corrected chi connectivity index (χ0v) is 19.4. The second-order valence-electron chi connectivity index (χ2n) is 8.69. The number of hydrogen-bond acceptors (Lipinski definition) is 7. The normalized spacial score (nSPS) is 19.3. The predicted octanol–water partition coefficient (Wildman–Crippen LogP) is 0.988. The number of primary amides is 1. The van der Waals surface area contributed by atoms with Crippen LogP contribution in [0.4, 0.5) is 0 Å². The summed E-state index contributed by atoms with van der Waals surface area (Å²) >= 11 is 0. The maximum atomic E-state index is 13.5. The average molecular weight is 467 g/mol. The van der Waals surface area contributed by atoms with Crippen LogP contribution in [0.25, 0.3) is 0 Å². The molecule has 2 heterocycles. The number of piperidine rings is 2. The van der Waals surface area contributed by atoms with Crippen LogP contribution in [0.5, 0.6) is 5.75 Å². The summed E-state index contributed by atoms with van der Waals surface area (Å²) < 4.78 is 34.0. The Kier molecular flexibility index (Phi) is 8.50. The largest absolute Gasteiger partial charge is 0.490 e. The van der Waals surface area contributed by atoms with E-state index in [2.05, 4.69) is 10.6 Å². The molecule has 32 heavy (non-hydrogen) atoms. The van der Waals surface area contributed by atoms with Crippen LogP contribution in [0.2, 0.25) is 0 Å². The van der Waals surface area contributed by atoms with Crippen LogP contribution >= 0.6 is 0 Å². The molecule has 0 bridgehead atoms. The summed E-state index contributed by atoms with van der Waals surface area (Å²) in [5, 5.41) is 6.48. The Morgan fingerprint density at radius 1 is 1.03 bits per heavy atom. The number of amides is 2. The molecule has 1 atom stereocenters. The van der Waals surface area contributed by atoms with Crippen molar-refractivity contribution in [3.63, 3.8) is 0 Å². The minimum absolute atomic E-state index is 0.0363. The third-order valence-corrected chi connectivity index (χ3v) is 7.82. The number of carbonyl (C=O) groups excluding carboxylic acids is 2. The highest BCUT2D eigenvalue weighted by molar-refractivity contribution is 7.89. The van der Waals surface area contributed by atoms with E-state index in [0.29, 0.717) is 31.7 Å². The van der Waals surface area contributed by atoms with E-state index in [1.165, 1.54) is 12.1 Å². The summed E-state index contributed by atoms with van der Waals surface area (Å²) in [5.74, 6) is -0.725. The number of rotatable bonds is 9. The van der Waals surface area contributed by atoms with Crippen LogP contribution in [-0.2, 0) is 19.6 Å². The van der Waals surface area contributed by atoms with Crippen LogP contribution in [0, 0.1) is 5.92 Å². The molecule has 0 saturated carbocycles. The smallest absolute Gasteiger partial charge is 0.266 e. The Balaban J connectivity index is 1.78. The van der Waals surface area contributed by atoms with Crippen molar-refractivity contribution in [1.29, 1.82) is 0 Å². The minimum Gasteiger partial charge on any atom is -0.490 e. The van der Waals surface area contributed by atoms with E-state index in [-0.39, 0.29) is 29.8 Å². The first-order valence-electron chi connectivity index (χ1n) is 11.3. The van der Waals surface area contributed by atoms with E-state index in [4.69, 9.17) is 10.5 Å². The van der Waals surface area contributed by atoms with Gasteiger partial charge in [-0.25, -0.2) is 12.7 Å². The molecule has 4 N–H and O–H groups in total. The molecular weight excluding hydrogens is 432 g/mol. The molecule has 2 aliphatic rings. The summed E-state index contributed by atoms with van der Waals surface area (Å²) in [6, 6.07) is 5.88. The third-order valence-electron chi connectivity index (χ3n) is 5.93. The zero-order valence-electron chi connectivity index (χ0n) is 18.6. The summed E-state index contributed by atoms with van der Waals surface area (Å²) in [6.45, 7) is 4.81. The van der Waals surface area contributed by atoms with Gasteiger partial charge in [0.15, 0.2) is 0 Å². The van der Waals surface area contributed by atoms with Crippen LogP contribution in [0.3, 0.4) is 0 Å². The molecule has 0 radical (unpaired) electrons. The van der Waals surface area contributed by atoms with Gasteiger partial charge in [-0.15, -0.1) is 0 Å². The topological polar surface area (TPSA) is 131 Å². The van der Waals surface area contributed by atoms with Gasteiger partial charge in [0.1, 0.15) is 11.9 Å². The van der Waals surface area contributed by atoms with Crippen molar-refractivity contribution >= 4 is 21.8 Å². The van der Waals surface area contributed by atoms with Gasteiger partial charge in [-0.3, -0.25) is 9.59 Å². The average Bonchev–Trinajstić information content (AvgIpc) is 2.75. The number of benzene rings is 1. The second-order valence-corrected chi connectivity index (χ2v) is 10.5.